The minimum Gasteiger partial charge on any atom is -0.492 e. The Morgan fingerprint density at radius 2 is 1.93 bits per heavy atom. The summed E-state index contributed by atoms with van der Waals surface area (Å²) in [5.74, 6) is -0.172. The molecule has 1 fully saturated rings. The second-order valence-corrected chi connectivity index (χ2v) is 7.90. The average Bonchev–Trinajstić information content (AvgIpc) is 2.70. The van der Waals surface area contributed by atoms with Gasteiger partial charge in [0.25, 0.3) is 5.91 Å². The zero-order valence-electron chi connectivity index (χ0n) is 15.8. The number of nitrogens with one attached hydrogen (secondary N) is 1. The predicted octanol–water partition coefficient (Wildman–Crippen LogP) is 4.75. The first kappa shape index (κ1) is 21.8. The molecule has 0 atom stereocenters. The third-order valence-electron chi connectivity index (χ3n) is 4.90. The van der Waals surface area contributed by atoms with Crippen LogP contribution in [0.15, 0.2) is 42.5 Å². The van der Waals surface area contributed by atoms with Gasteiger partial charge in [0, 0.05) is 49.6 Å². The van der Waals surface area contributed by atoms with Gasteiger partial charge in [-0.2, -0.15) is 0 Å². The van der Waals surface area contributed by atoms with Gasteiger partial charge < -0.3 is 15.0 Å². The molecule has 3 rings (SSSR count). The molecule has 1 aliphatic heterocycles. The number of ether oxygens (including phenoxy) is 1. The number of carbonyl (C=O) groups is 1. The van der Waals surface area contributed by atoms with E-state index in [4.69, 9.17) is 27.9 Å². The lowest BCUT2D eigenvalue weighted by Gasteiger charge is -2.36. The van der Waals surface area contributed by atoms with Crippen LogP contribution in [0.5, 0.6) is 5.75 Å². The van der Waals surface area contributed by atoms with Gasteiger partial charge in [-0.3, -0.25) is 4.79 Å². The number of carbonyl (C=O) groups excluding carboxylic acids is 1. The van der Waals surface area contributed by atoms with Crippen molar-refractivity contribution in [2.75, 3.05) is 32.8 Å². The second kappa shape index (κ2) is 9.74. The number of halogens is 4. The molecule has 0 bridgehead atoms. The van der Waals surface area contributed by atoms with Crippen LogP contribution in [0.3, 0.4) is 0 Å². The van der Waals surface area contributed by atoms with Crippen LogP contribution in [0.2, 0.25) is 10.0 Å². The fourth-order valence-corrected chi connectivity index (χ4v) is 3.57. The van der Waals surface area contributed by atoms with Crippen LogP contribution < -0.4 is 10.1 Å². The molecule has 0 radical (unpaired) electrons. The van der Waals surface area contributed by atoms with Gasteiger partial charge in [0.05, 0.1) is 5.02 Å². The highest BCUT2D eigenvalue weighted by Gasteiger charge is 2.35. The summed E-state index contributed by atoms with van der Waals surface area (Å²) in [5.41, 5.74) is -1.08. The molecule has 0 saturated carbocycles. The number of alkyl halides is 1. The van der Waals surface area contributed by atoms with E-state index in [0.29, 0.717) is 42.6 Å². The first-order chi connectivity index (χ1) is 13.9. The van der Waals surface area contributed by atoms with Crippen LogP contribution in [-0.2, 0) is 0 Å². The second-order valence-electron chi connectivity index (χ2n) is 7.05. The molecule has 1 N–H and O–H groups in total. The fourth-order valence-electron chi connectivity index (χ4n) is 3.21. The van der Waals surface area contributed by atoms with Crippen molar-refractivity contribution in [1.29, 1.82) is 0 Å². The van der Waals surface area contributed by atoms with E-state index in [0.717, 1.165) is 6.07 Å². The average molecular weight is 443 g/mol. The molecular weight excluding hydrogens is 421 g/mol. The summed E-state index contributed by atoms with van der Waals surface area (Å²) >= 11 is 11.6. The number of piperidine rings is 1. The van der Waals surface area contributed by atoms with Crippen molar-refractivity contribution >= 4 is 29.1 Å². The van der Waals surface area contributed by atoms with Gasteiger partial charge in [0.15, 0.2) is 0 Å². The van der Waals surface area contributed by atoms with Crippen LogP contribution in [0.1, 0.15) is 23.2 Å². The van der Waals surface area contributed by atoms with Crippen molar-refractivity contribution < 1.29 is 18.3 Å². The zero-order chi connectivity index (χ0) is 20.9. The van der Waals surface area contributed by atoms with Gasteiger partial charge in [-0.15, -0.1) is 0 Å². The Kier molecular flexibility index (Phi) is 7.33. The van der Waals surface area contributed by atoms with Crippen LogP contribution in [0.25, 0.3) is 0 Å². The Morgan fingerprint density at radius 1 is 1.17 bits per heavy atom. The number of rotatable bonds is 7. The largest absolute Gasteiger partial charge is 0.492 e. The standard InChI is InChI=1S/C21H22Cl2F2N2O2/c22-16-2-1-3-17(13-16)29-11-8-26-14-21(25)6-9-27(10-7-21)20(28)15-4-5-19(24)18(23)12-15/h1-5,12-13,26H,6-11,14H2. The van der Waals surface area contributed by atoms with Gasteiger partial charge in [-0.25, -0.2) is 8.78 Å². The predicted molar refractivity (Wildman–Crippen MR) is 110 cm³/mol. The maximum Gasteiger partial charge on any atom is 0.253 e. The molecular formula is C21H22Cl2F2N2O2. The van der Waals surface area contributed by atoms with Gasteiger partial charge in [0.1, 0.15) is 23.8 Å². The van der Waals surface area contributed by atoms with Gasteiger partial charge >= 0.3 is 0 Å². The molecule has 0 unspecified atom stereocenters. The smallest absolute Gasteiger partial charge is 0.253 e. The molecule has 8 heteroatoms. The topological polar surface area (TPSA) is 41.6 Å². The van der Waals surface area contributed by atoms with Crippen molar-refractivity contribution in [2.24, 2.45) is 0 Å². The monoisotopic (exact) mass is 442 g/mol. The third kappa shape index (κ3) is 6.04. The Morgan fingerprint density at radius 3 is 2.62 bits per heavy atom. The van der Waals surface area contributed by atoms with Crippen molar-refractivity contribution in [3.63, 3.8) is 0 Å². The lowest BCUT2D eigenvalue weighted by atomic mass is 9.93. The van der Waals surface area contributed by atoms with Gasteiger partial charge in [0.2, 0.25) is 0 Å². The van der Waals surface area contributed by atoms with E-state index in [2.05, 4.69) is 5.32 Å². The van der Waals surface area contributed by atoms with E-state index in [1.54, 1.807) is 23.1 Å². The van der Waals surface area contributed by atoms with Crippen LogP contribution in [-0.4, -0.2) is 49.3 Å². The highest BCUT2D eigenvalue weighted by atomic mass is 35.5. The number of amides is 1. The molecule has 2 aromatic rings. The number of nitrogens with zero attached hydrogens (tertiary/aromatic N) is 1. The minimum absolute atomic E-state index is 0.100. The molecule has 2 aromatic carbocycles. The number of likely N-dealkylation sites (tertiary alicyclic amines) is 1. The molecule has 156 valence electrons. The summed E-state index contributed by atoms with van der Waals surface area (Å²) < 4.78 is 33.8. The Bertz CT molecular complexity index is 858. The Labute approximate surface area is 178 Å². The highest BCUT2D eigenvalue weighted by molar-refractivity contribution is 6.31. The van der Waals surface area contributed by atoms with E-state index < -0.39 is 11.5 Å². The van der Waals surface area contributed by atoms with Crippen LogP contribution >= 0.6 is 23.2 Å². The summed E-state index contributed by atoms with van der Waals surface area (Å²) in [6, 6.07) is 11.0. The van der Waals surface area contributed by atoms with E-state index >= 15 is 4.39 Å². The van der Waals surface area contributed by atoms with E-state index in [1.165, 1.54) is 12.1 Å². The van der Waals surface area contributed by atoms with E-state index in [-0.39, 0.29) is 30.3 Å². The minimum atomic E-state index is -1.38. The summed E-state index contributed by atoms with van der Waals surface area (Å²) in [6.45, 7) is 1.67. The van der Waals surface area contributed by atoms with Crippen molar-refractivity contribution in [3.05, 3.63) is 63.9 Å². The van der Waals surface area contributed by atoms with E-state index in [9.17, 15) is 9.18 Å². The Balaban J connectivity index is 1.40. The van der Waals surface area contributed by atoms with Crippen molar-refractivity contribution in [3.8, 4) is 5.75 Å². The number of hydrogen-bond acceptors (Lipinski definition) is 3. The maximum absolute atomic E-state index is 15.0. The van der Waals surface area contributed by atoms with E-state index in [1.807, 2.05) is 6.07 Å². The first-order valence-corrected chi connectivity index (χ1v) is 10.1. The molecule has 1 heterocycles. The quantitative estimate of drug-likeness (QED) is 0.629. The molecule has 1 aliphatic rings. The third-order valence-corrected chi connectivity index (χ3v) is 5.42. The SMILES string of the molecule is O=C(c1ccc(F)c(Cl)c1)N1CCC(F)(CNCCOc2cccc(Cl)c2)CC1. The zero-order valence-corrected chi connectivity index (χ0v) is 17.3. The molecule has 0 aromatic heterocycles. The number of benzene rings is 2. The summed E-state index contributed by atoms with van der Waals surface area (Å²) in [7, 11) is 0. The molecule has 1 saturated heterocycles. The molecule has 0 aliphatic carbocycles. The fraction of sp³-hybridized carbons (Fsp3) is 0.381. The molecule has 4 nitrogen and oxygen atoms in total. The van der Waals surface area contributed by atoms with Crippen molar-refractivity contribution in [1.82, 2.24) is 10.2 Å². The summed E-state index contributed by atoms with van der Waals surface area (Å²) in [4.78, 5) is 14.1. The normalized spacial score (nSPS) is 15.9. The molecule has 29 heavy (non-hydrogen) atoms. The summed E-state index contributed by atoms with van der Waals surface area (Å²) in [6.07, 6.45) is 0.464. The molecule has 1 amide bonds. The Hall–Kier alpha value is -1.89. The molecule has 0 spiro atoms. The highest BCUT2D eigenvalue weighted by Crippen LogP contribution is 2.27. The van der Waals surface area contributed by atoms with Gasteiger partial charge in [-0.1, -0.05) is 29.3 Å². The van der Waals surface area contributed by atoms with Gasteiger partial charge in [-0.05, 0) is 36.4 Å². The lowest BCUT2D eigenvalue weighted by Crippen LogP contribution is -2.49. The summed E-state index contributed by atoms with van der Waals surface area (Å²) in [5, 5.41) is 3.57. The van der Waals surface area contributed by atoms with Crippen LogP contribution in [0, 0.1) is 5.82 Å². The first-order valence-electron chi connectivity index (χ1n) is 9.39. The van der Waals surface area contributed by atoms with Crippen molar-refractivity contribution in [2.45, 2.75) is 18.5 Å². The lowest BCUT2D eigenvalue weighted by molar-refractivity contribution is 0.0433. The van der Waals surface area contributed by atoms with Crippen LogP contribution in [0.4, 0.5) is 8.78 Å². The maximum atomic E-state index is 15.0. The number of hydrogen-bond donors (Lipinski definition) is 1.